The highest BCUT2D eigenvalue weighted by atomic mass is 16.5. The average Bonchev–Trinajstić information content (AvgIpc) is 2.24. The second-order valence-electron chi connectivity index (χ2n) is 5.48. The van der Waals surface area contributed by atoms with Gasteiger partial charge in [-0.05, 0) is 32.7 Å². The standard InChI is InChI=1S/C13H26N2O2/c1-11(2)14-8-4-6-12(16)15-13(3)7-5-9-17-10-13/h11,14H,4-10H2,1-3H3,(H,15,16). The molecule has 1 unspecified atom stereocenters. The normalized spacial score (nSPS) is 24.9. The number of carbonyl (C=O) groups excluding carboxylic acids is 1. The summed E-state index contributed by atoms with van der Waals surface area (Å²) in [6.07, 6.45) is 3.53. The maximum Gasteiger partial charge on any atom is 0.220 e. The molecule has 1 aliphatic heterocycles. The second kappa shape index (κ2) is 6.97. The number of amides is 1. The first-order valence-electron chi connectivity index (χ1n) is 6.64. The highest BCUT2D eigenvalue weighted by molar-refractivity contribution is 5.76. The number of ether oxygens (including phenoxy) is 1. The van der Waals surface area contributed by atoms with E-state index in [1.165, 1.54) is 0 Å². The van der Waals surface area contributed by atoms with Crippen LogP contribution in [0.15, 0.2) is 0 Å². The lowest BCUT2D eigenvalue weighted by Crippen LogP contribution is -2.51. The van der Waals surface area contributed by atoms with Crippen molar-refractivity contribution in [2.24, 2.45) is 0 Å². The molecule has 1 rings (SSSR count). The zero-order valence-electron chi connectivity index (χ0n) is 11.3. The van der Waals surface area contributed by atoms with Crippen LogP contribution < -0.4 is 10.6 Å². The van der Waals surface area contributed by atoms with Crippen molar-refractivity contribution in [2.75, 3.05) is 19.8 Å². The highest BCUT2D eigenvalue weighted by Gasteiger charge is 2.28. The van der Waals surface area contributed by atoms with E-state index in [9.17, 15) is 4.79 Å². The van der Waals surface area contributed by atoms with E-state index in [4.69, 9.17) is 4.74 Å². The molecule has 0 radical (unpaired) electrons. The van der Waals surface area contributed by atoms with Gasteiger partial charge in [-0.15, -0.1) is 0 Å². The molecule has 0 aromatic rings. The maximum atomic E-state index is 11.8. The molecule has 1 atom stereocenters. The molecule has 0 aromatic carbocycles. The van der Waals surface area contributed by atoms with Crippen molar-refractivity contribution in [1.29, 1.82) is 0 Å². The van der Waals surface area contributed by atoms with Gasteiger partial charge in [-0.2, -0.15) is 0 Å². The van der Waals surface area contributed by atoms with Crippen LogP contribution in [0.5, 0.6) is 0 Å². The molecule has 4 heteroatoms. The fraction of sp³-hybridized carbons (Fsp3) is 0.923. The minimum absolute atomic E-state index is 0.142. The smallest absolute Gasteiger partial charge is 0.220 e. The summed E-state index contributed by atoms with van der Waals surface area (Å²) in [5.41, 5.74) is -0.152. The Kier molecular flexibility index (Phi) is 5.92. The van der Waals surface area contributed by atoms with Crippen LogP contribution in [0.1, 0.15) is 46.5 Å². The third-order valence-corrected chi connectivity index (χ3v) is 3.01. The summed E-state index contributed by atoms with van der Waals surface area (Å²) in [6, 6.07) is 0.488. The highest BCUT2D eigenvalue weighted by Crippen LogP contribution is 2.18. The molecule has 1 heterocycles. The van der Waals surface area contributed by atoms with Gasteiger partial charge >= 0.3 is 0 Å². The van der Waals surface area contributed by atoms with E-state index in [2.05, 4.69) is 31.4 Å². The molecule has 1 fully saturated rings. The van der Waals surface area contributed by atoms with E-state index in [0.717, 1.165) is 32.4 Å². The van der Waals surface area contributed by atoms with Gasteiger partial charge < -0.3 is 15.4 Å². The first kappa shape index (κ1) is 14.5. The Balaban J connectivity index is 2.15. The molecule has 100 valence electrons. The Morgan fingerprint density at radius 2 is 2.24 bits per heavy atom. The predicted octanol–water partition coefficient (Wildman–Crippen LogP) is 1.45. The number of hydrogen-bond donors (Lipinski definition) is 2. The van der Waals surface area contributed by atoms with E-state index >= 15 is 0 Å². The first-order chi connectivity index (χ1) is 8.02. The van der Waals surface area contributed by atoms with Crippen molar-refractivity contribution in [3.63, 3.8) is 0 Å². The van der Waals surface area contributed by atoms with Crippen molar-refractivity contribution >= 4 is 5.91 Å². The van der Waals surface area contributed by atoms with Gasteiger partial charge in [0, 0.05) is 19.1 Å². The van der Waals surface area contributed by atoms with Gasteiger partial charge in [0.25, 0.3) is 0 Å². The van der Waals surface area contributed by atoms with Crippen molar-refractivity contribution < 1.29 is 9.53 Å². The van der Waals surface area contributed by atoms with Gasteiger partial charge in [-0.3, -0.25) is 4.79 Å². The minimum atomic E-state index is -0.152. The summed E-state index contributed by atoms with van der Waals surface area (Å²) in [5.74, 6) is 0.142. The molecule has 0 saturated carbocycles. The van der Waals surface area contributed by atoms with Gasteiger partial charge in [0.15, 0.2) is 0 Å². The van der Waals surface area contributed by atoms with Crippen LogP contribution in [-0.2, 0) is 9.53 Å². The first-order valence-corrected chi connectivity index (χ1v) is 6.64. The van der Waals surface area contributed by atoms with Crippen LogP contribution in [0, 0.1) is 0 Å². The fourth-order valence-corrected chi connectivity index (χ4v) is 2.07. The van der Waals surface area contributed by atoms with Crippen LogP contribution in [0.25, 0.3) is 0 Å². The lowest BCUT2D eigenvalue weighted by Gasteiger charge is -2.34. The van der Waals surface area contributed by atoms with Crippen molar-refractivity contribution in [1.82, 2.24) is 10.6 Å². The van der Waals surface area contributed by atoms with Gasteiger partial charge in [0.05, 0.1) is 12.1 Å². The van der Waals surface area contributed by atoms with Crippen molar-refractivity contribution in [3.05, 3.63) is 0 Å². The van der Waals surface area contributed by atoms with Crippen molar-refractivity contribution in [3.8, 4) is 0 Å². The van der Waals surface area contributed by atoms with Gasteiger partial charge in [0.2, 0.25) is 5.91 Å². The molecule has 1 aliphatic rings. The Labute approximate surface area is 104 Å². The topological polar surface area (TPSA) is 50.4 Å². The van der Waals surface area contributed by atoms with Crippen LogP contribution in [0.2, 0.25) is 0 Å². The third-order valence-electron chi connectivity index (χ3n) is 3.01. The summed E-state index contributed by atoms with van der Waals surface area (Å²) < 4.78 is 5.42. The molecule has 4 nitrogen and oxygen atoms in total. The molecule has 17 heavy (non-hydrogen) atoms. The molecule has 2 N–H and O–H groups in total. The number of rotatable bonds is 6. The Morgan fingerprint density at radius 3 is 2.82 bits per heavy atom. The van der Waals surface area contributed by atoms with E-state index in [0.29, 0.717) is 19.1 Å². The van der Waals surface area contributed by atoms with Gasteiger partial charge in [-0.25, -0.2) is 0 Å². The summed E-state index contributed by atoms with van der Waals surface area (Å²) >= 11 is 0. The molecular formula is C13H26N2O2. The largest absolute Gasteiger partial charge is 0.379 e. The third kappa shape index (κ3) is 6.03. The van der Waals surface area contributed by atoms with Crippen molar-refractivity contribution in [2.45, 2.75) is 58.0 Å². The van der Waals surface area contributed by atoms with E-state index in [1.807, 2.05) is 0 Å². The minimum Gasteiger partial charge on any atom is -0.379 e. The average molecular weight is 242 g/mol. The van der Waals surface area contributed by atoms with Crippen LogP contribution in [0.3, 0.4) is 0 Å². The molecule has 1 amide bonds. The molecule has 0 bridgehead atoms. The Morgan fingerprint density at radius 1 is 1.47 bits per heavy atom. The summed E-state index contributed by atoms with van der Waals surface area (Å²) in [7, 11) is 0. The van der Waals surface area contributed by atoms with E-state index < -0.39 is 0 Å². The quantitative estimate of drug-likeness (QED) is 0.693. The molecule has 1 saturated heterocycles. The lowest BCUT2D eigenvalue weighted by atomic mass is 9.94. The SMILES string of the molecule is CC(C)NCCCC(=O)NC1(C)CCCOC1. The molecular weight excluding hydrogens is 216 g/mol. The maximum absolute atomic E-state index is 11.8. The summed E-state index contributed by atoms with van der Waals surface area (Å²) in [6.45, 7) is 8.66. The van der Waals surface area contributed by atoms with Crippen LogP contribution >= 0.6 is 0 Å². The molecule has 0 spiro atoms. The lowest BCUT2D eigenvalue weighted by molar-refractivity contribution is -0.124. The fourth-order valence-electron chi connectivity index (χ4n) is 2.07. The summed E-state index contributed by atoms with van der Waals surface area (Å²) in [4.78, 5) is 11.8. The molecule has 0 aromatic heterocycles. The Hall–Kier alpha value is -0.610. The Bertz CT molecular complexity index is 236. The molecule has 0 aliphatic carbocycles. The summed E-state index contributed by atoms with van der Waals surface area (Å²) in [5, 5.41) is 6.40. The second-order valence-corrected chi connectivity index (χ2v) is 5.48. The number of carbonyl (C=O) groups is 1. The van der Waals surface area contributed by atoms with E-state index in [-0.39, 0.29) is 11.4 Å². The van der Waals surface area contributed by atoms with Crippen LogP contribution in [-0.4, -0.2) is 37.2 Å². The van der Waals surface area contributed by atoms with E-state index in [1.54, 1.807) is 0 Å². The van der Waals surface area contributed by atoms with Gasteiger partial charge in [0.1, 0.15) is 0 Å². The number of nitrogens with one attached hydrogen (secondary N) is 2. The van der Waals surface area contributed by atoms with Crippen LogP contribution in [0.4, 0.5) is 0 Å². The zero-order valence-corrected chi connectivity index (χ0v) is 11.3. The zero-order chi connectivity index (χ0) is 12.7. The predicted molar refractivity (Wildman–Crippen MR) is 69.0 cm³/mol. The monoisotopic (exact) mass is 242 g/mol. The number of hydrogen-bond acceptors (Lipinski definition) is 3. The van der Waals surface area contributed by atoms with Gasteiger partial charge in [-0.1, -0.05) is 13.8 Å².